The van der Waals surface area contributed by atoms with Crippen molar-refractivity contribution >= 4 is 5.91 Å². The second-order valence-corrected chi connectivity index (χ2v) is 3.90. The molecule has 0 spiro atoms. The van der Waals surface area contributed by atoms with E-state index in [1.54, 1.807) is 16.6 Å². The van der Waals surface area contributed by atoms with Gasteiger partial charge in [-0.15, -0.1) is 0 Å². The van der Waals surface area contributed by atoms with Gasteiger partial charge in [0.05, 0.1) is 19.0 Å². The Labute approximate surface area is 101 Å². The maximum Gasteiger partial charge on any atom is 0.224 e. The van der Waals surface area contributed by atoms with Crippen molar-refractivity contribution in [3.05, 3.63) is 11.6 Å². The fourth-order valence-corrected chi connectivity index (χ4v) is 1.51. The number of hydrogen-bond acceptors (Lipinski definition) is 4. The maximum absolute atomic E-state index is 11.7. The summed E-state index contributed by atoms with van der Waals surface area (Å²) in [7, 11) is 1.71. The van der Waals surface area contributed by atoms with E-state index in [0.29, 0.717) is 31.8 Å². The van der Waals surface area contributed by atoms with Crippen LogP contribution in [0.2, 0.25) is 0 Å². The molecule has 0 saturated carbocycles. The Kier molecular flexibility index (Phi) is 4.64. The van der Waals surface area contributed by atoms with E-state index in [-0.39, 0.29) is 5.91 Å². The summed E-state index contributed by atoms with van der Waals surface area (Å²) >= 11 is 0. The van der Waals surface area contributed by atoms with Crippen LogP contribution in [0.25, 0.3) is 0 Å². The van der Waals surface area contributed by atoms with Crippen molar-refractivity contribution in [2.75, 3.05) is 13.6 Å². The van der Waals surface area contributed by atoms with Crippen molar-refractivity contribution in [3.63, 3.8) is 0 Å². The van der Waals surface area contributed by atoms with Crippen LogP contribution >= 0.6 is 0 Å². The first-order valence-corrected chi connectivity index (χ1v) is 5.53. The van der Waals surface area contributed by atoms with Crippen molar-refractivity contribution in [2.45, 2.75) is 33.2 Å². The van der Waals surface area contributed by atoms with Crippen molar-refractivity contribution < 1.29 is 4.79 Å². The summed E-state index contributed by atoms with van der Waals surface area (Å²) in [5.74, 6) is 1.55. The zero-order valence-corrected chi connectivity index (χ0v) is 10.5. The molecule has 1 rings (SSSR count). The molecule has 0 saturated heterocycles. The molecule has 0 aliphatic rings. The molecule has 0 bridgehead atoms. The van der Waals surface area contributed by atoms with Gasteiger partial charge in [0.1, 0.15) is 11.6 Å². The standard InChI is InChI=1S/C11H17N5O/c1-9-13-10(2)16(14-9)8-5-11(17)15(3)7-4-6-12/h4-5,7-8H2,1-3H3. The summed E-state index contributed by atoms with van der Waals surface area (Å²) in [5, 5.41) is 12.6. The van der Waals surface area contributed by atoms with Crippen LogP contribution in [0, 0.1) is 25.2 Å². The third-order valence-electron chi connectivity index (χ3n) is 2.48. The van der Waals surface area contributed by atoms with Gasteiger partial charge in [0.2, 0.25) is 5.91 Å². The van der Waals surface area contributed by atoms with Crippen molar-refractivity contribution in [2.24, 2.45) is 0 Å². The smallest absolute Gasteiger partial charge is 0.224 e. The zero-order chi connectivity index (χ0) is 12.8. The molecule has 92 valence electrons. The van der Waals surface area contributed by atoms with Gasteiger partial charge in [-0.1, -0.05) is 0 Å². The normalized spacial score (nSPS) is 10.0. The van der Waals surface area contributed by atoms with E-state index in [9.17, 15) is 4.79 Å². The highest BCUT2D eigenvalue weighted by Crippen LogP contribution is 2.00. The molecule has 0 aromatic carbocycles. The molecule has 6 heteroatoms. The van der Waals surface area contributed by atoms with E-state index >= 15 is 0 Å². The third kappa shape index (κ3) is 3.87. The molecule has 1 aromatic rings. The molecule has 0 unspecified atom stereocenters. The predicted molar refractivity (Wildman–Crippen MR) is 62.0 cm³/mol. The lowest BCUT2D eigenvalue weighted by molar-refractivity contribution is -0.130. The van der Waals surface area contributed by atoms with Gasteiger partial charge in [0, 0.05) is 20.0 Å². The van der Waals surface area contributed by atoms with Gasteiger partial charge in [-0.2, -0.15) is 10.4 Å². The Morgan fingerprint density at radius 3 is 2.76 bits per heavy atom. The first kappa shape index (κ1) is 13.2. The van der Waals surface area contributed by atoms with Gasteiger partial charge >= 0.3 is 0 Å². The number of nitrogens with zero attached hydrogens (tertiary/aromatic N) is 5. The summed E-state index contributed by atoms with van der Waals surface area (Å²) in [6, 6.07) is 2.02. The lowest BCUT2D eigenvalue weighted by Crippen LogP contribution is -2.28. The molecule has 0 aliphatic heterocycles. The lowest BCUT2D eigenvalue weighted by atomic mass is 10.3. The number of aryl methyl sites for hydroxylation is 3. The molecule has 0 aliphatic carbocycles. The van der Waals surface area contributed by atoms with Crippen LogP contribution in [0.1, 0.15) is 24.5 Å². The van der Waals surface area contributed by atoms with Crippen LogP contribution in [0.3, 0.4) is 0 Å². The van der Waals surface area contributed by atoms with E-state index in [2.05, 4.69) is 10.1 Å². The highest BCUT2D eigenvalue weighted by atomic mass is 16.2. The average Bonchev–Trinajstić information content (AvgIpc) is 2.61. The Hall–Kier alpha value is -1.90. The second-order valence-electron chi connectivity index (χ2n) is 3.90. The molecule has 0 N–H and O–H groups in total. The first-order chi connectivity index (χ1) is 8.04. The first-order valence-electron chi connectivity index (χ1n) is 5.53. The molecule has 1 heterocycles. The number of carbonyl (C=O) groups is 1. The van der Waals surface area contributed by atoms with Gasteiger partial charge in [-0.3, -0.25) is 4.79 Å². The van der Waals surface area contributed by atoms with Gasteiger partial charge < -0.3 is 4.90 Å². The SMILES string of the molecule is Cc1nc(C)n(CCC(=O)N(C)CCC#N)n1. The van der Waals surface area contributed by atoms with E-state index < -0.39 is 0 Å². The molecule has 0 radical (unpaired) electrons. The summed E-state index contributed by atoms with van der Waals surface area (Å²) in [6.45, 7) is 4.70. The van der Waals surface area contributed by atoms with Gasteiger partial charge in [-0.25, -0.2) is 9.67 Å². The average molecular weight is 235 g/mol. The Balaban J connectivity index is 2.43. The summed E-state index contributed by atoms with van der Waals surface area (Å²) in [5.41, 5.74) is 0. The van der Waals surface area contributed by atoms with Crippen molar-refractivity contribution in [1.29, 1.82) is 5.26 Å². The number of carbonyl (C=O) groups excluding carboxylic acids is 1. The van der Waals surface area contributed by atoms with E-state index in [0.717, 1.165) is 5.82 Å². The molecule has 0 fully saturated rings. The fourth-order valence-electron chi connectivity index (χ4n) is 1.51. The van der Waals surface area contributed by atoms with E-state index in [4.69, 9.17) is 5.26 Å². The second kappa shape index (κ2) is 5.99. The Morgan fingerprint density at radius 1 is 1.53 bits per heavy atom. The lowest BCUT2D eigenvalue weighted by Gasteiger charge is -2.15. The summed E-state index contributed by atoms with van der Waals surface area (Å²) < 4.78 is 1.73. The topological polar surface area (TPSA) is 74.8 Å². The molecular weight excluding hydrogens is 218 g/mol. The Morgan fingerprint density at radius 2 is 2.24 bits per heavy atom. The quantitative estimate of drug-likeness (QED) is 0.751. The number of amides is 1. The fraction of sp³-hybridized carbons (Fsp3) is 0.636. The largest absolute Gasteiger partial charge is 0.345 e. The molecular formula is C11H17N5O. The van der Waals surface area contributed by atoms with E-state index in [1.807, 2.05) is 19.9 Å². The molecule has 6 nitrogen and oxygen atoms in total. The molecule has 1 amide bonds. The van der Waals surface area contributed by atoms with Crippen LogP contribution in [0.5, 0.6) is 0 Å². The molecule has 17 heavy (non-hydrogen) atoms. The van der Waals surface area contributed by atoms with Gasteiger partial charge in [0.15, 0.2) is 0 Å². The summed E-state index contributed by atoms with van der Waals surface area (Å²) in [4.78, 5) is 17.4. The van der Waals surface area contributed by atoms with E-state index in [1.165, 1.54) is 0 Å². The molecule has 1 aromatic heterocycles. The predicted octanol–water partition coefficient (Wildman–Crippen LogP) is 0.657. The van der Waals surface area contributed by atoms with Crippen LogP contribution in [-0.2, 0) is 11.3 Å². The van der Waals surface area contributed by atoms with Crippen LogP contribution in [0.15, 0.2) is 0 Å². The monoisotopic (exact) mass is 235 g/mol. The third-order valence-corrected chi connectivity index (χ3v) is 2.48. The minimum Gasteiger partial charge on any atom is -0.345 e. The number of nitriles is 1. The number of hydrogen-bond donors (Lipinski definition) is 0. The van der Waals surface area contributed by atoms with Gasteiger partial charge in [0.25, 0.3) is 0 Å². The zero-order valence-electron chi connectivity index (χ0n) is 10.5. The number of aromatic nitrogens is 3. The van der Waals surface area contributed by atoms with Crippen molar-refractivity contribution in [3.8, 4) is 6.07 Å². The molecule has 0 atom stereocenters. The highest BCUT2D eigenvalue weighted by molar-refractivity contribution is 5.75. The minimum absolute atomic E-state index is 0.0211. The van der Waals surface area contributed by atoms with Crippen LogP contribution in [0.4, 0.5) is 0 Å². The van der Waals surface area contributed by atoms with Crippen LogP contribution < -0.4 is 0 Å². The minimum atomic E-state index is 0.0211. The highest BCUT2D eigenvalue weighted by Gasteiger charge is 2.10. The maximum atomic E-state index is 11.7. The van der Waals surface area contributed by atoms with Crippen LogP contribution in [-0.4, -0.2) is 39.2 Å². The summed E-state index contributed by atoms with van der Waals surface area (Å²) in [6.07, 6.45) is 0.745. The Bertz CT molecular complexity index is 432. The number of rotatable bonds is 5. The van der Waals surface area contributed by atoms with Crippen molar-refractivity contribution in [1.82, 2.24) is 19.7 Å². The van der Waals surface area contributed by atoms with Gasteiger partial charge in [-0.05, 0) is 13.8 Å².